The van der Waals surface area contributed by atoms with Gasteiger partial charge < -0.3 is 19.1 Å². The summed E-state index contributed by atoms with van der Waals surface area (Å²) in [6.45, 7) is 0.225. The number of carbonyl (C=O) groups is 2. The molecule has 0 unspecified atom stereocenters. The third-order valence-electron chi connectivity index (χ3n) is 4.36. The molecule has 3 atom stereocenters. The van der Waals surface area contributed by atoms with Crippen LogP contribution >= 0.6 is 0 Å². The summed E-state index contributed by atoms with van der Waals surface area (Å²) in [5.74, 6) is -0.197. The molecule has 3 rings (SSSR count). The number of benzene rings is 1. The van der Waals surface area contributed by atoms with Crippen LogP contribution in [0.15, 0.2) is 30.4 Å². The number of likely N-dealkylation sites (N-methyl/N-ethyl adjacent to an activating group) is 1. The first-order valence-electron chi connectivity index (χ1n) is 7.88. The minimum atomic E-state index is -0.416. The molecule has 25 heavy (non-hydrogen) atoms. The molecule has 0 N–H and O–H groups in total. The summed E-state index contributed by atoms with van der Waals surface area (Å²) in [4.78, 5) is 25.8. The summed E-state index contributed by atoms with van der Waals surface area (Å²) < 4.78 is 16.3. The standard InChI is InChI=1S/C18H18N2O5/c1-20-14-5-4-12(8-17(21)23-2)25-16(14)10-24-15-6-3-11(9-19)7-13(15)18(20)22/h3-7,12,14,16H,8,10H2,1-2H3/t12-,14-,16-/m0/s1. The van der Waals surface area contributed by atoms with Gasteiger partial charge in [0.05, 0.1) is 42.9 Å². The Morgan fingerprint density at radius 2 is 2.24 bits per heavy atom. The van der Waals surface area contributed by atoms with Gasteiger partial charge in [-0.15, -0.1) is 0 Å². The number of fused-ring (bicyclic) bond motifs is 2. The van der Waals surface area contributed by atoms with Gasteiger partial charge in [0.25, 0.3) is 5.91 Å². The van der Waals surface area contributed by atoms with Gasteiger partial charge in [0.15, 0.2) is 0 Å². The molecule has 7 heteroatoms. The molecule has 0 aromatic heterocycles. The van der Waals surface area contributed by atoms with E-state index >= 15 is 0 Å². The van der Waals surface area contributed by atoms with Crippen LogP contribution in [0.2, 0.25) is 0 Å². The molecular formula is C18H18N2O5. The highest BCUT2D eigenvalue weighted by atomic mass is 16.5. The van der Waals surface area contributed by atoms with Gasteiger partial charge in [0.2, 0.25) is 0 Å². The molecule has 1 amide bonds. The van der Waals surface area contributed by atoms with E-state index < -0.39 is 12.2 Å². The number of esters is 1. The maximum Gasteiger partial charge on any atom is 0.308 e. The fourth-order valence-corrected chi connectivity index (χ4v) is 2.98. The monoisotopic (exact) mass is 342 g/mol. The maximum atomic E-state index is 12.8. The van der Waals surface area contributed by atoms with Crippen molar-refractivity contribution in [3.63, 3.8) is 0 Å². The topological polar surface area (TPSA) is 88.9 Å². The average Bonchev–Trinajstić information content (AvgIpc) is 2.64. The molecule has 2 aliphatic rings. The first-order chi connectivity index (χ1) is 12.0. The lowest BCUT2D eigenvalue weighted by Crippen LogP contribution is -2.51. The van der Waals surface area contributed by atoms with E-state index in [1.807, 2.05) is 12.1 Å². The molecule has 0 fully saturated rings. The van der Waals surface area contributed by atoms with Gasteiger partial charge in [-0.2, -0.15) is 5.26 Å². The summed E-state index contributed by atoms with van der Waals surface area (Å²) in [6.07, 6.45) is 2.90. The smallest absolute Gasteiger partial charge is 0.308 e. The quantitative estimate of drug-likeness (QED) is 0.594. The number of hydrogen-bond acceptors (Lipinski definition) is 6. The van der Waals surface area contributed by atoms with Crippen molar-refractivity contribution in [2.45, 2.75) is 24.7 Å². The third-order valence-corrected chi connectivity index (χ3v) is 4.36. The summed E-state index contributed by atoms with van der Waals surface area (Å²) in [5.41, 5.74) is 0.750. The fraction of sp³-hybridized carbons (Fsp3) is 0.389. The first kappa shape index (κ1) is 17.0. The molecule has 2 aliphatic heterocycles. The molecule has 130 valence electrons. The molecule has 0 aliphatic carbocycles. The molecule has 2 heterocycles. The van der Waals surface area contributed by atoms with Gasteiger partial charge in [0.1, 0.15) is 18.5 Å². The van der Waals surface area contributed by atoms with Gasteiger partial charge in [-0.1, -0.05) is 12.2 Å². The molecule has 0 saturated heterocycles. The Labute approximate surface area is 145 Å². The molecule has 7 nitrogen and oxygen atoms in total. The van der Waals surface area contributed by atoms with E-state index in [4.69, 9.17) is 14.7 Å². The van der Waals surface area contributed by atoms with E-state index in [0.29, 0.717) is 16.9 Å². The Morgan fingerprint density at radius 3 is 2.96 bits per heavy atom. The van der Waals surface area contributed by atoms with Gasteiger partial charge in [0, 0.05) is 7.05 Å². The maximum absolute atomic E-state index is 12.8. The number of methoxy groups -OCH3 is 1. The molecule has 1 aromatic rings. The fourth-order valence-electron chi connectivity index (χ4n) is 2.98. The summed E-state index contributed by atoms with van der Waals surface area (Å²) in [7, 11) is 3.01. The van der Waals surface area contributed by atoms with E-state index in [9.17, 15) is 9.59 Å². The van der Waals surface area contributed by atoms with E-state index in [1.165, 1.54) is 13.2 Å². The molecule has 0 spiro atoms. The second kappa shape index (κ2) is 6.95. The summed E-state index contributed by atoms with van der Waals surface area (Å²) in [6, 6.07) is 6.46. The van der Waals surface area contributed by atoms with E-state index in [-0.39, 0.29) is 30.9 Å². The molecule has 0 saturated carbocycles. The number of amides is 1. The highest BCUT2D eigenvalue weighted by Crippen LogP contribution is 2.29. The number of nitriles is 1. The number of carbonyl (C=O) groups excluding carboxylic acids is 2. The van der Waals surface area contributed by atoms with Gasteiger partial charge >= 0.3 is 5.97 Å². The van der Waals surface area contributed by atoms with Crippen molar-refractivity contribution in [2.24, 2.45) is 0 Å². The van der Waals surface area contributed by atoms with Crippen LogP contribution in [-0.4, -0.2) is 55.8 Å². The lowest BCUT2D eigenvalue weighted by atomic mass is 10.0. The van der Waals surface area contributed by atoms with Crippen LogP contribution < -0.4 is 4.74 Å². The van der Waals surface area contributed by atoms with Gasteiger partial charge in [-0.05, 0) is 18.2 Å². The van der Waals surface area contributed by atoms with Crippen LogP contribution in [0, 0.1) is 11.3 Å². The first-order valence-corrected chi connectivity index (χ1v) is 7.88. The number of nitrogens with zero attached hydrogens (tertiary/aromatic N) is 2. The van der Waals surface area contributed by atoms with E-state index in [0.717, 1.165) is 0 Å². The lowest BCUT2D eigenvalue weighted by Gasteiger charge is -2.39. The van der Waals surface area contributed by atoms with Crippen LogP contribution in [0.4, 0.5) is 0 Å². The Balaban J connectivity index is 1.87. The van der Waals surface area contributed by atoms with Crippen molar-refractivity contribution in [3.05, 3.63) is 41.5 Å². The van der Waals surface area contributed by atoms with Crippen molar-refractivity contribution in [2.75, 3.05) is 20.8 Å². The number of rotatable bonds is 2. The second-order valence-electron chi connectivity index (χ2n) is 5.92. The van der Waals surface area contributed by atoms with Crippen LogP contribution in [0.25, 0.3) is 0 Å². The van der Waals surface area contributed by atoms with E-state index in [1.54, 1.807) is 30.2 Å². The van der Waals surface area contributed by atoms with Crippen molar-refractivity contribution >= 4 is 11.9 Å². The second-order valence-corrected chi connectivity index (χ2v) is 5.92. The zero-order chi connectivity index (χ0) is 18.0. The largest absolute Gasteiger partial charge is 0.490 e. The van der Waals surface area contributed by atoms with Gasteiger partial charge in [-0.25, -0.2) is 0 Å². The number of ether oxygens (including phenoxy) is 3. The van der Waals surface area contributed by atoms with Crippen molar-refractivity contribution in [1.29, 1.82) is 5.26 Å². The Hall–Kier alpha value is -2.85. The lowest BCUT2D eigenvalue weighted by molar-refractivity contribution is -0.145. The molecule has 0 radical (unpaired) electrons. The Kier molecular flexibility index (Phi) is 4.72. The van der Waals surface area contributed by atoms with Crippen LogP contribution in [0.3, 0.4) is 0 Å². The normalized spacial score (nSPS) is 24.9. The summed E-state index contributed by atoms with van der Waals surface area (Å²) in [5, 5.41) is 9.04. The average molecular weight is 342 g/mol. The Morgan fingerprint density at radius 1 is 1.44 bits per heavy atom. The van der Waals surface area contributed by atoms with Crippen molar-refractivity contribution in [3.8, 4) is 11.8 Å². The highest BCUT2D eigenvalue weighted by molar-refractivity contribution is 5.97. The molecule has 1 aromatic carbocycles. The number of hydrogen-bond donors (Lipinski definition) is 0. The van der Waals surface area contributed by atoms with Crippen LogP contribution in [0.1, 0.15) is 22.3 Å². The van der Waals surface area contributed by atoms with Crippen LogP contribution in [0.5, 0.6) is 5.75 Å². The SMILES string of the molecule is COC(=O)C[C@@H]1C=C[C@H]2[C@H](COc3ccc(C#N)cc3C(=O)N2C)O1. The molecule has 0 bridgehead atoms. The van der Waals surface area contributed by atoms with Crippen molar-refractivity contribution < 1.29 is 23.8 Å². The third kappa shape index (κ3) is 3.35. The van der Waals surface area contributed by atoms with Crippen molar-refractivity contribution in [1.82, 2.24) is 4.90 Å². The zero-order valence-electron chi connectivity index (χ0n) is 14.0. The predicted octanol–water partition coefficient (Wildman–Crippen LogP) is 1.28. The highest BCUT2D eigenvalue weighted by Gasteiger charge is 2.36. The Bertz CT molecular complexity index is 767. The van der Waals surface area contributed by atoms with E-state index in [2.05, 4.69) is 4.74 Å². The minimum Gasteiger partial charge on any atom is -0.490 e. The predicted molar refractivity (Wildman–Crippen MR) is 87.0 cm³/mol. The minimum absolute atomic E-state index is 0.107. The zero-order valence-corrected chi connectivity index (χ0v) is 14.0. The van der Waals surface area contributed by atoms with Gasteiger partial charge in [-0.3, -0.25) is 9.59 Å². The van der Waals surface area contributed by atoms with Crippen LogP contribution in [-0.2, 0) is 14.3 Å². The summed E-state index contributed by atoms with van der Waals surface area (Å²) >= 11 is 0. The molecular weight excluding hydrogens is 324 g/mol.